The number of carbonyl (C=O) groups excluding carboxylic acids is 1. The van der Waals surface area contributed by atoms with Crippen LogP contribution in [0.3, 0.4) is 0 Å². The number of rotatable bonds is 4. The molecule has 2 aromatic rings. The first-order valence-corrected chi connectivity index (χ1v) is 7.00. The molecule has 0 fully saturated rings. The Labute approximate surface area is 135 Å². The molecule has 1 aromatic carbocycles. The largest absolute Gasteiger partial charge is 0.417 e. The summed E-state index contributed by atoms with van der Waals surface area (Å²) in [5, 5.41) is 5.14. The van der Waals surface area contributed by atoms with Gasteiger partial charge in [0.25, 0.3) is 0 Å². The third-order valence-corrected chi connectivity index (χ3v) is 3.24. The van der Waals surface area contributed by atoms with Crippen LogP contribution >= 0.6 is 11.6 Å². The maximum atomic E-state index is 12.5. The van der Waals surface area contributed by atoms with E-state index in [2.05, 4.69) is 15.6 Å². The van der Waals surface area contributed by atoms with E-state index in [1.807, 2.05) is 6.07 Å². The van der Waals surface area contributed by atoms with Gasteiger partial charge in [-0.1, -0.05) is 29.8 Å². The number of para-hydroxylation sites is 1. The van der Waals surface area contributed by atoms with Crippen LogP contribution in [0, 0.1) is 0 Å². The molecule has 0 aliphatic carbocycles. The summed E-state index contributed by atoms with van der Waals surface area (Å²) in [5.41, 5.74) is -0.341. The SMILES string of the molecule is CC(Nc1ncc(C(F)(F)F)cc1Cl)C(=O)Nc1ccccc1. The number of benzene rings is 1. The Morgan fingerprint density at radius 1 is 1.26 bits per heavy atom. The van der Waals surface area contributed by atoms with Crippen LogP contribution in [0.2, 0.25) is 5.02 Å². The van der Waals surface area contributed by atoms with Crippen LogP contribution in [0.1, 0.15) is 12.5 Å². The molecule has 4 nitrogen and oxygen atoms in total. The summed E-state index contributed by atoms with van der Waals surface area (Å²) in [4.78, 5) is 15.7. The number of alkyl halides is 3. The van der Waals surface area contributed by atoms with Crippen molar-refractivity contribution in [1.82, 2.24) is 4.98 Å². The first kappa shape index (κ1) is 17.1. The summed E-state index contributed by atoms with van der Waals surface area (Å²) in [5.74, 6) is -0.357. The molecular weight excluding hydrogens is 331 g/mol. The van der Waals surface area contributed by atoms with E-state index in [0.29, 0.717) is 11.9 Å². The Morgan fingerprint density at radius 2 is 1.91 bits per heavy atom. The molecule has 1 atom stereocenters. The standard InChI is InChI=1S/C15H13ClF3N3O/c1-9(14(23)22-11-5-3-2-4-6-11)21-13-12(16)7-10(8-20-13)15(17,18)19/h2-9H,1H3,(H,20,21)(H,22,23). The fourth-order valence-corrected chi connectivity index (χ4v) is 1.96. The minimum Gasteiger partial charge on any atom is -0.357 e. The number of halogens is 4. The van der Waals surface area contributed by atoms with E-state index in [1.54, 1.807) is 31.2 Å². The molecule has 1 aromatic heterocycles. The second-order valence-corrected chi connectivity index (χ2v) is 5.18. The molecule has 8 heteroatoms. The zero-order chi connectivity index (χ0) is 17.0. The van der Waals surface area contributed by atoms with Crippen LogP contribution in [0.4, 0.5) is 24.7 Å². The zero-order valence-corrected chi connectivity index (χ0v) is 12.7. The third kappa shape index (κ3) is 4.59. The van der Waals surface area contributed by atoms with Gasteiger partial charge in [-0.2, -0.15) is 13.2 Å². The molecule has 1 unspecified atom stereocenters. The van der Waals surface area contributed by atoms with Crippen LogP contribution in [-0.2, 0) is 11.0 Å². The number of hydrogen-bond donors (Lipinski definition) is 2. The van der Waals surface area contributed by atoms with Crippen LogP contribution in [0.25, 0.3) is 0 Å². The zero-order valence-electron chi connectivity index (χ0n) is 12.0. The van der Waals surface area contributed by atoms with Gasteiger partial charge in [-0.15, -0.1) is 0 Å². The van der Waals surface area contributed by atoms with Crippen molar-refractivity contribution in [2.75, 3.05) is 10.6 Å². The van der Waals surface area contributed by atoms with Gasteiger partial charge in [-0.05, 0) is 25.1 Å². The van der Waals surface area contributed by atoms with E-state index in [9.17, 15) is 18.0 Å². The number of nitrogens with one attached hydrogen (secondary N) is 2. The monoisotopic (exact) mass is 343 g/mol. The van der Waals surface area contributed by atoms with E-state index >= 15 is 0 Å². The number of anilines is 2. The Hall–Kier alpha value is -2.28. The quantitative estimate of drug-likeness (QED) is 0.875. The van der Waals surface area contributed by atoms with E-state index in [1.165, 1.54) is 0 Å². The van der Waals surface area contributed by atoms with Gasteiger partial charge in [-0.3, -0.25) is 4.79 Å². The molecule has 0 bridgehead atoms. The topological polar surface area (TPSA) is 54.0 Å². The van der Waals surface area contributed by atoms with Gasteiger partial charge in [0.15, 0.2) is 0 Å². The second kappa shape index (κ2) is 6.87. The number of carbonyl (C=O) groups is 1. The minimum atomic E-state index is -4.52. The molecule has 0 radical (unpaired) electrons. The lowest BCUT2D eigenvalue weighted by atomic mass is 10.2. The van der Waals surface area contributed by atoms with Crippen LogP contribution in [0.5, 0.6) is 0 Å². The van der Waals surface area contributed by atoms with Crippen molar-refractivity contribution < 1.29 is 18.0 Å². The van der Waals surface area contributed by atoms with Gasteiger partial charge in [0.2, 0.25) is 5.91 Å². The molecule has 0 spiro atoms. The first-order chi connectivity index (χ1) is 10.8. The number of aromatic nitrogens is 1. The molecule has 0 aliphatic heterocycles. The Bertz CT molecular complexity index is 692. The molecule has 0 saturated carbocycles. The highest BCUT2D eigenvalue weighted by Gasteiger charge is 2.31. The fourth-order valence-electron chi connectivity index (χ4n) is 1.74. The van der Waals surface area contributed by atoms with E-state index in [4.69, 9.17) is 11.6 Å². The minimum absolute atomic E-state index is 0.00961. The van der Waals surface area contributed by atoms with Crippen LogP contribution in [0.15, 0.2) is 42.6 Å². The van der Waals surface area contributed by atoms with Crippen molar-refractivity contribution in [3.05, 3.63) is 53.2 Å². The van der Waals surface area contributed by atoms with Gasteiger partial charge >= 0.3 is 6.18 Å². The van der Waals surface area contributed by atoms with Crippen LogP contribution < -0.4 is 10.6 Å². The molecule has 2 rings (SSSR count). The van der Waals surface area contributed by atoms with E-state index < -0.39 is 17.8 Å². The lowest BCUT2D eigenvalue weighted by molar-refractivity contribution is -0.137. The molecule has 0 saturated heterocycles. The predicted octanol–water partition coefficient (Wildman–Crippen LogP) is 4.19. The normalized spacial score (nSPS) is 12.6. The van der Waals surface area contributed by atoms with Gasteiger partial charge in [0.05, 0.1) is 10.6 Å². The number of pyridine rings is 1. The second-order valence-electron chi connectivity index (χ2n) is 4.77. The highest BCUT2D eigenvalue weighted by Crippen LogP contribution is 2.32. The summed E-state index contributed by atoms with van der Waals surface area (Å²) >= 11 is 5.79. The van der Waals surface area contributed by atoms with Crippen LogP contribution in [-0.4, -0.2) is 16.9 Å². The molecule has 2 N–H and O–H groups in total. The molecule has 1 heterocycles. The van der Waals surface area contributed by atoms with Crippen molar-refractivity contribution in [2.45, 2.75) is 19.1 Å². The molecular formula is C15H13ClF3N3O. The molecule has 23 heavy (non-hydrogen) atoms. The summed E-state index contributed by atoms with van der Waals surface area (Å²) in [6.07, 6.45) is -3.86. The van der Waals surface area contributed by atoms with Crippen molar-refractivity contribution in [3.63, 3.8) is 0 Å². The predicted molar refractivity (Wildman–Crippen MR) is 82.4 cm³/mol. The third-order valence-electron chi connectivity index (χ3n) is 2.96. The Morgan fingerprint density at radius 3 is 2.48 bits per heavy atom. The van der Waals surface area contributed by atoms with Gasteiger partial charge in [-0.25, -0.2) is 4.98 Å². The van der Waals surface area contributed by atoms with Crippen molar-refractivity contribution in [1.29, 1.82) is 0 Å². The van der Waals surface area contributed by atoms with Crippen molar-refractivity contribution in [3.8, 4) is 0 Å². The fraction of sp³-hybridized carbons (Fsp3) is 0.200. The molecule has 1 amide bonds. The molecule has 122 valence electrons. The number of hydrogen-bond acceptors (Lipinski definition) is 3. The highest BCUT2D eigenvalue weighted by atomic mass is 35.5. The number of amides is 1. The van der Waals surface area contributed by atoms with Gasteiger partial charge in [0.1, 0.15) is 11.9 Å². The van der Waals surface area contributed by atoms with Gasteiger partial charge < -0.3 is 10.6 Å². The maximum Gasteiger partial charge on any atom is 0.417 e. The average Bonchev–Trinajstić information content (AvgIpc) is 2.49. The first-order valence-electron chi connectivity index (χ1n) is 6.62. The average molecular weight is 344 g/mol. The van der Waals surface area contributed by atoms with E-state index in [0.717, 1.165) is 6.07 Å². The Balaban J connectivity index is 2.05. The van der Waals surface area contributed by atoms with Crippen molar-refractivity contribution in [2.24, 2.45) is 0 Å². The molecule has 0 aliphatic rings. The highest BCUT2D eigenvalue weighted by molar-refractivity contribution is 6.33. The van der Waals surface area contributed by atoms with Gasteiger partial charge in [0, 0.05) is 11.9 Å². The van der Waals surface area contributed by atoms with E-state index in [-0.39, 0.29) is 16.7 Å². The summed E-state index contributed by atoms with van der Waals surface area (Å²) in [7, 11) is 0. The summed E-state index contributed by atoms with van der Waals surface area (Å²) < 4.78 is 37.6. The van der Waals surface area contributed by atoms with Crippen molar-refractivity contribution >= 4 is 29.0 Å². The summed E-state index contributed by atoms with van der Waals surface area (Å²) in [6, 6.07) is 8.80. The number of nitrogens with zero attached hydrogens (tertiary/aromatic N) is 1. The maximum absolute atomic E-state index is 12.5. The lowest BCUT2D eigenvalue weighted by Gasteiger charge is -2.16. The summed E-state index contributed by atoms with van der Waals surface area (Å²) in [6.45, 7) is 1.55. The smallest absolute Gasteiger partial charge is 0.357 e. The lowest BCUT2D eigenvalue weighted by Crippen LogP contribution is -2.32. The Kier molecular flexibility index (Phi) is 5.10.